The van der Waals surface area contributed by atoms with Gasteiger partial charge in [-0.1, -0.05) is 6.08 Å². The van der Waals surface area contributed by atoms with Gasteiger partial charge in [0.2, 0.25) is 10.0 Å². The van der Waals surface area contributed by atoms with Gasteiger partial charge in [0.1, 0.15) is 0 Å². The van der Waals surface area contributed by atoms with Gasteiger partial charge in [-0.15, -0.1) is 6.58 Å². The standard InChI is InChI=1S/C10H12FNO3S/c1-2-3-6-15-10-5-4-8(7-9(10)11)16(12,13)14/h2,4-5,7H,1,3,6H2,(H2,12,13,14). The maximum absolute atomic E-state index is 13.3. The van der Waals surface area contributed by atoms with E-state index in [2.05, 4.69) is 6.58 Å². The van der Waals surface area contributed by atoms with Crippen LogP contribution in [-0.2, 0) is 10.0 Å². The molecular formula is C10H12FNO3S. The van der Waals surface area contributed by atoms with E-state index in [1.54, 1.807) is 6.08 Å². The Balaban J connectivity index is 2.88. The van der Waals surface area contributed by atoms with Crippen LogP contribution in [0.15, 0.2) is 35.7 Å². The van der Waals surface area contributed by atoms with Gasteiger partial charge in [0.25, 0.3) is 0 Å². The van der Waals surface area contributed by atoms with Crippen LogP contribution >= 0.6 is 0 Å². The smallest absolute Gasteiger partial charge is 0.238 e. The van der Waals surface area contributed by atoms with E-state index in [-0.39, 0.29) is 17.3 Å². The van der Waals surface area contributed by atoms with Gasteiger partial charge in [0, 0.05) is 0 Å². The first-order valence-electron chi connectivity index (χ1n) is 4.51. The molecule has 88 valence electrons. The maximum atomic E-state index is 13.3. The molecule has 0 heterocycles. The lowest BCUT2D eigenvalue weighted by Gasteiger charge is -2.06. The van der Waals surface area contributed by atoms with Crippen molar-refractivity contribution in [3.63, 3.8) is 0 Å². The van der Waals surface area contributed by atoms with E-state index in [1.807, 2.05) is 0 Å². The second kappa shape index (κ2) is 5.09. The van der Waals surface area contributed by atoms with Crippen molar-refractivity contribution in [2.75, 3.05) is 6.61 Å². The zero-order valence-electron chi connectivity index (χ0n) is 8.52. The number of rotatable bonds is 5. The van der Waals surface area contributed by atoms with Crippen molar-refractivity contribution in [2.45, 2.75) is 11.3 Å². The minimum atomic E-state index is -3.88. The molecule has 2 N–H and O–H groups in total. The molecule has 1 rings (SSSR count). The molecule has 0 saturated carbocycles. The van der Waals surface area contributed by atoms with Crippen molar-refractivity contribution in [3.05, 3.63) is 36.7 Å². The van der Waals surface area contributed by atoms with Gasteiger partial charge in [0.15, 0.2) is 11.6 Å². The molecule has 0 amide bonds. The summed E-state index contributed by atoms with van der Waals surface area (Å²) in [6.45, 7) is 3.78. The zero-order chi connectivity index (χ0) is 12.2. The highest BCUT2D eigenvalue weighted by molar-refractivity contribution is 7.89. The fourth-order valence-corrected chi connectivity index (χ4v) is 1.55. The van der Waals surface area contributed by atoms with Crippen LogP contribution in [0.3, 0.4) is 0 Å². The van der Waals surface area contributed by atoms with Crippen molar-refractivity contribution < 1.29 is 17.5 Å². The second-order valence-corrected chi connectivity index (χ2v) is 4.62. The Labute approximate surface area is 93.6 Å². The summed E-state index contributed by atoms with van der Waals surface area (Å²) in [5, 5.41) is 4.85. The first kappa shape index (κ1) is 12.7. The van der Waals surface area contributed by atoms with E-state index in [9.17, 15) is 12.8 Å². The lowest BCUT2D eigenvalue weighted by Crippen LogP contribution is -2.12. The number of sulfonamides is 1. The minimum absolute atomic E-state index is 0.00532. The van der Waals surface area contributed by atoms with Crippen LogP contribution in [0, 0.1) is 5.82 Å². The Kier molecular flexibility index (Phi) is 4.03. The fraction of sp³-hybridized carbons (Fsp3) is 0.200. The van der Waals surface area contributed by atoms with Crippen LogP contribution in [0.1, 0.15) is 6.42 Å². The fourth-order valence-electron chi connectivity index (χ4n) is 1.03. The highest BCUT2D eigenvalue weighted by Gasteiger charge is 2.11. The van der Waals surface area contributed by atoms with Crippen LogP contribution in [0.5, 0.6) is 5.75 Å². The minimum Gasteiger partial charge on any atom is -0.490 e. The molecule has 6 heteroatoms. The van der Waals surface area contributed by atoms with Crippen molar-refractivity contribution in [1.29, 1.82) is 0 Å². The molecule has 0 bridgehead atoms. The number of benzene rings is 1. The summed E-state index contributed by atoms with van der Waals surface area (Å²) in [4.78, 5) is -0.277. The van der Waals surface area contributed by atoms with Gasteiger partial charge >= 0.3 is 0 Å². The molecule has 4 nitrogen and oxygen atoms in total. The van der Waals surface area contributed by atoms with E-state index in [0.717, 1.165) is 6.07 Å². The summed E-state index contributed by atoms with van der Waals surface area (Å²) in [6.07, 6.45) is 2.22. The van der Waals surface area contributed by atoms with Crippen LogP contribution < -0.4 is 9.88 Å². The molecule has 0 aliphatic carbocycles. The van der Waals surface area contributed by atoms with Crippen molar-refractivity contribution >= 4 is 10.0 Å². The SMILES string of the molecule is C=CCCOc1ccc(S(N)(=O)=O)cc1F. The second-order valence-electron chi connectivity index (χ2n) is 3.06. The molecule has 0 radical (unpaired) electrons. The summed E-state index contributed by atoms with van der Waals surface area (Å²) >= 11 is 0. The monoisotopic (exact) mass is 245 g/mol. The molecule has 0 aliphatic rings. The van der Waals surface area contributed by atoms with Gasteiger partial charge in [-0.3, -0.25) is 0 Å². The van der Waals surface area contributed by atoms with E-state index in [1.165, 1.54) is 12.1 Å². The number of hydrogen-bond acceptors (Lipinski definition) is 3. The van der Waals surface area contributed by atoms with E-state index in [0.29, 0.717) is 6.42 Å². The quantitative estimate of drug-likeness (QED) is 0.630. The molecule has 0 aliphatic heterocycles. The molecule has 1 aromatic rings. The van der Waals surface area contributed by atoms with Crippen molar-refractivity contribution in [1.82, 2.24) is 0 Å². The van der Waals surface area contributed by atoms with Gasteiger partial charge in [-0.25, -0.2) is 17.9 Å². The van der Waals surface area contributed by atoms with Crippen LogP contribution in [0.4, 0.5) is 4.39 Å². The van der Waals surface area contributed by atoms with E-state index in [4.69, 9.17) is 9.88 Å². The molecule has 0 atom stereocenters. The van der Waals surface area contributed by atoms with Crippen molar-refractivity contribution in [3.8, 4) is 5.75 Å². The lowest BCUT2D eigenvalue weighted by molar-refractivity contribution is 0.307. The Morgan fingerprint density at radius 1 is 1.50 bits per heavy atom. The molecule has 0 unspecified atom stereocenters. The largest absolute Gasteiger partial charge is 0.490 e. The van der Waals surface area contributed by atoms with Gasteiger partial charge in [0.05, 0.1) is 11.5 Å². The molecule has 0 spiro atoms. The number of nitrogens with two attached hydrogens (primary N) is 1. The lowest BCUT2D eigenvalue weighted by atomic mass is 10.3. The first-order valence-corrected chi connectivity index (χ1v) is 6.06. The number of ether oxygens (including phenoxy) is 1. The van der Waals surface area contributed by atoms with Crippen molar-refractivity contribution in [2.24, 2.45) is 5.14 Å². The van der Waals surface area contributed by atoms with Gasteiger partial charge in [-0.2, -0.15) is 0 Å². The average Bonchev–Trinajstić information content (AvgIpc) is 2.19. The summed E-state index contributed by atoms with van der Waals surface area (Å²) in [7, 11) is -3.88. The molecule has 0 saturated heterocycles. The maximum Gasteiger partial charge on any atom is 0.238 e. The van der Waals surface area contributed by atoms with Gasteiger partial charge in [-0.05, 0) is 24.6 Å². The van der Waals surface area contributed by atoms with Crippen LogP contribution in [0.25, 0.3) is 0 Å². The summed E-state index contributed by atoms with van der Waals surface area (Å²) in [5.41, 5.74) is 0. The van der Waals surface area contributed by atoms with Gasteiger partial charge < -0.3 is 4.74 Å². The van der Waals surface area contributed by atoms with E-state index < -0.39 is 15.8 Å². The Morgan fingerprint density at radius 3 is 2.69 bits per heavy atom. The normalized spacial score (nSPS) is 11.1. The number of halogens is 1. The first-order chi connectivity index (χ1) is 7.45. The molecule has 16 heavy (non-hydrogen) atoms. The molecular weight excluding hydrogens is 233 g/mol. The third-order valence-electron chi connectivity index (χ3n) is 1.81. The topological polar surface area (TPSA) is 69.4 Å². The summed E-state index contributed by atoms with van der Waals surface area (Å²) < 4.78 is 40.2. The Morgan fingerprint density at radius 2 is 2.19 bits per heavy atom. The Bertz CT molecular complexity index is 485. The third-order valence-corrected chi connectivity index (χ3v) is 2.72. The molecule has 0 aromatic heterocycles. The predicted molar refractivity (Wildman–Crippen MR) is 58.1 cm³/mol. The van der Waals surface area contributed by atoms with Crippen LogP contribution in [-0.4, -0.2) is 15.0 Å². The van der Waals surface area contributed by atoms with Crippen LogP contribution in [0.2, 0.25) is 0 Å². The summed E-state index contributed by atoms with van der Waals surface area (Å²) in [5.74, 6) is -0.759. The highest BCUT2D eigenvalue weighted by atomic mass is 32.2. The number of primary sulfonamides is 1. The third kappa shape index (κ3) is 3.32. The molecule has 0 fully saturated rings. The Hall–Kier alpha value is -1.40. The summed E-state index contributed by atoms with van der Waals surface area (Å²) in [6, 6.07) is 3.26. The predicted octanol–water partition coefficient (Wildman–Crippen LogP) is 1.43. The zero-order valence-corrected chi connectivity index (χ0v) is 9.34. The number of hydrogen-bond donors (Lipinski definition) is 1. The van der Waals surface area contributed by atoms with E-state index >= 15 is 0 Å². The highest BCUT2D eigenvalue weighted by Crippen LogP contribution is 2.20. The average molecular weight is 245 g/mol. The molecule has 1 aromatic carbocycles.